The predicted octanol–water partition coefficient (Wildman–Crippen LogP) is 4.85. The van der Waals surface area contributed by atoms with Crippen LogP contribution in [-0.4, -0.2) is 70.1 Å². The van der Waals surface area contributed by atoms with Gasteiger partial charge in [-0.15, -0.1) is 0 Å². The number of halogens is 2. The van der Waals surface area contributed by atoms with Crippen LogP contribution in [0.2, 0.25) is 0 Å². The van der Waals surface area contributed by atoms with Crippen molar-refractivity contribution in [1.29, 1.82) is 0 Å². The molecule has 1 aromatic rings. The van der Waals surface area contributed by atoms with E-state index >= 15 is 8.78 Å². The summed E-state index contributed by atoms with van der Waals surface area (Å²) in [5, 5.41) is 23.7. The Balaban J connectivity index is 1.33. The molecule has 5 aliphatic rings. The van der Waals surface area contributed by atoms with Gasteiger partial charge in [-0.3, -0.25) is 14.4 Å². The van der Waals surface area contributed by atoms with Crippen molar-refractivity contribution < 1.29 is 38.2 Å². The molecule has 0 amide bonds. The molecule has 4 aliphatic carbocycles. The number of ketones is 2. The minimum atomic E-state index is -2.27. The number of carbonyl (C=O) groups excluding carboxylic acids is 2. The average molecular weight is 600 g/mol. The molecule has 1 heterocycles. The highest BCUT2D eigenvalue weighted by molar-refractivity contribution is 6.01. The molecule has 9 atom stereocenters. The van der Waals surface area contributed by atoms with Gasteiger partial charge >= 0.3 is 0 Å². The van der Waals surface area contributed by atoms with Crippen LogP contribution in [0.5, 0.6) is 5.75 Å². The van der Waals surface area contributed by atoms with E-state index in [4.69, 9.17) is 9.57 Å². The number of hydroxylamine groups is 2. The van der Waals surface area contributed by atoms with Crippen LogP contribution >= 0.6 is 0 Å². The molecule has 234 valence electrons. The van der Waals surface area contributed by atoms with E-state index in [1.165, 1.54) is 18.2 Å². The van der Waals surface area contributed by atoms with Gasteiger partial charge < -0.3 is 14.9 Å². The van der Waals surface area contributed by atoms with Crippen molar-refractivity contribution in [2.24, 2.45) is 28.1 Å². The number of Topliss-reactive ketones (excluding diaryl/α,β-unsaturated/α-hetero) is 1. The van der Waals surface area contributed by atoms with Gasteiger partial charge in [-0.1, -0.05) is 45.4 Å². The molecule has 3 saturated carbocycles. The summed E-state index contributed by atoms with van der Waals surface area (Å²) < 4.78 is 39.4. The third-order valence-corrected chi connectivity index (χ3v) is 12.0. The molecular weight excluding hydrogens is 556 g/mol. The van der Waals surface area contributed by atoms with Gasteiger partial charge in [0.2, 0.25) is 0 Å². The molecule has 43 heavy (non-hydrogen) atoms. The van der Waals surface area contributed by atoms with Gasteiger partial charge in [0.25, 0.3) is 0 Å². The Morgan fingerprint density at radius 3 is 2.58 bits per heavy atom. The fourth-order valence-corrected chi connectivity index (χ4v) is 9.72. The molecule has 1 aliphatic heterocycles. The second kappa shape index (κ2) is 10.3. The number of nitrogens with zero attached hydrogens (tertiary/aromatic N) is 1. The van der Waals surface area contributed by atoms with Crippen molar-refractivity contribution in [3.05, 3.63) is 53.6 Å². The second-order valence-electron chi connectivity index (χ2n) is 14.0. The maximum atomic E-state index is 17.7. The molecule has 0 aromatic heterocycles. The van der Waals surface area contributed by atoms with E-state index in [1.807, 2.05) is 38.1 Å². The van der Waals surface area contributed by atoms with Crippen molar-refractivity contribution in [3.8, 4) is 5.75 Å². The van der Waals surface area contributed by atoms with Crippen molar-refractivity contribution in [2.45, 2.75) is 89.9 Å². The van der Waals surface area contributed by atoms with E-state index in [0.29, 0.717) is 26.1 Å². The van der Waals surface area contributed by atoms with E-state index < -0.39 is 69.8 Å². The Labute approximate surface area is 251 Å². The number of aliphatic hydroxyl groups excluding tert-OH is 2. The number of unbranched alkanes of at least 4 members (excludes halogenated alkanes) is 1. The molecule has 0 bridgehead atoms. The minimum Gasteiger partial charge on any atom is -0.494 e. The standard InChI is InChI=1S/C34H43F2NO6/c1-5-6-13-42-24-9-7-21(8-10-24)18-37-19-22-16-31(3)27-15-26(35)25-14-23(39)11-12-30(25,2)33(27,36)28(40)17-32(31,4)34(22,43-37)29(41)20-38/h7-12,14,22,26-28,38,40H,5-6,13,15-20H2,1-4H3/t22-,26-,27-,28-,30-,31-,32-,33-,34-/m0/s1. The maximum Gasteiger partial charge on any atom is 0.192 e. The first-order valence-electron chi connectivity index (χ1n) is 15.6. The number of benzene rings is 1. The van der Waals surface area contributed by atoms with E-state index in [1.54, 1.807) is 12.0 Å². The number of rotatable bonds is 8. The van der Waals surface area contributed by atoms with Crippen molar-refractivity contribution in [1.82, 2.24) is 5.06 Å². The monoisotopic (exact) mass is 599 g/mol. The van der Waals surface area contributed by atoms with Crippen LogP contribution in [0.4, 0.5) is 8.78 Å². The molecule has 2 N–H and O–H groups in total. The predicted molar refractivity (Wildman–Crippen MR) is 155 cm³/mol. The fraction of sp³-hybridized carbons (Fsp3) is 0.647. The van der Waals surface area contributed by atoms with Gasteiger partial charge in [0.15, 0.2) is 22.8 Å². The number of ether oxygens (including phenoxy) is 1. The van der Waals surface area contributed by atoms with E-state index in [2.05, 4.69) is 6.92 Å². The maximum absolute atomic E-state index is 17.7. The molecule has 1 aromatic carbocycles. The molecule has 7 nitrogen and oxygen atoms in total. The molecule has 6 rings (SSSR count). The van der Waals surface area contributed by atoms with Gasteiger partial charge in [-0.2, -0.15) is 5.06 Å². The van der Waals surface area contributed by atoms with Crippen LogP contribution in [0.3, 0.4) is 0 Å². The lowest BCUT2D eigenvalue weighted by molar-refractivity contribution is -0.289. The largest absolute Gasteiger partial charge is 0.494 e. The van der Waals surface area contributed by atoms with Crippen LogP contribution in [0.25, 0.3) is 0 Å². The zero-order chi connectivity index (χ0) is 31.0. The zero-order valence-electron chi connectivity index (χ0n) is 25.4. The van der Waals surface area contributed by atoms with E-state index in [0.717, 1.165) is 24.2 Å². The van der Waals surface area contributed by atoms with Crippen molar-refractivity contribution in [2.75, 3.05) is 19.8 Å². The Morgan fingerprint density at radius 1 is 1.19 bits per heavy atom. The third kappa shape index (κ3) is 3.97. The SMILES string of the molecule is CCCCOc1ccc(CN2C[C@@H]3C[C@@]4(C)[C@@H]5C[C@H](F)C6=CC(=O)C=C[C@]6(C)[C@@]5(F)[C@@H](O)C[C@]4(C)[C@]3(C(=O)CO)O2)cc1. The highest BCUT2D eigenvalue weighted by atomic mass is 19.1. The van der Waals surface area contributed by atoms with Crippen LogP contribution in [-0.2, 0) is 21.0 Å². The van der Waals surface area contributed by atoms with E-state index in [9.17, 15) is 19.8 Å². The number of alkyl halides is 2. The van der Waals surface area contributed by atoms with Gasteiger partial charge in [0.1, 0.15) is 18.5 Å². The smallest absolute Gasteiger partial charge is 0.192 e. The summed E-state index contributed by atoms with van der Waals surface area (Å²) in [7, 11) is 0. The Bertz CT molecular complexity index is 1360. The third-order valence-electron chi connectivity index (χ3n) is 12.0. The Morgan fingerprint density at radius 2 is 1.91 bits per heavy atom. The molecule has 0 unspecified atom stereocenters. The summed E-state index contributed by atoms with van der Waals surface area (Å²) in [4.78, 5) is 32.6. The first-order chi connectivity index (χ1) is 20.3. The molecule has 0 spiro atoms. The minimum absolute atomic E-state index is 0.0635. The van der Waals surface area contributed by atoms with Gasteiger partial charge in [-0.25, -0.2) is 8.78 Å². The highest BCUT2D eigenvalue weighted by Gasteiger charge is 2.83. The topological polar surface area (TPSA) is 96.3 Å². The van der Waals surface area contributed by atoms with Crippen molar-refractivity contribution in [3.63, 3.8) is 0 Å². The van der Waals surface area contributed by atoms with Gasteiger partial charge in [-0.05, 0) is 73.4 Å². The summed E-state index contributed by atoms with van der Waals surface area (Å²) in [6, 6.07) is 7.70. The Kier molecular flexibility index (Phi) is 7.31. The summed E-state index contributed by atoms with van der Waals surface area (Å²) in [5.74, 6) is -1.49. The number of hydrogen-bond donors (Lipinski definition) is 2. The molecule has 0 radical (unpaired) electrons. The van der Waals surface area contributed by atoms with Gasteiger partial charge in [0.05, 0.1) is 12.7 Å². The molecule has 1 saturated heterocycles. The average Bonchev–Trinajstić information content (AvgIpc) is 3.42. The summed E-state index contributed by atoms with van der Waals surface area (Å²) in [6.45, 7) is 8.05. The highest BCUT2D eigenvalue weighted by Crippen LogP contribution is 2.77. The first-order valence-corrected chi connectivity index (χ1v) is 15.6. The summed E-state index contributed by atoms with van der Waals surface area (Å²) in [5.41, 5.74) is -6.34. The lowest BCUT2D eigenvalue weighted by Gasteiger charge is -2.67. The second-order valence-corrected chi connectivity index (χ2v) is 14.0. The molecule has 4 fully saturated rings. The lowest BCUT2D eigenvalue weighted by Crippen LogP contribution is -2.73. The number of fused-ring (bicyclic) bond motifs is 7. The number of aliphatic hydroxyl groups is 2. The lowest BCUT2D eigenvalue weighted by atomic mass is 9.39. The number of allylic oxidation sites excluding steroid dienone is 4. The molecular formula is C34H43F2NO6. The van der Waals surface area contributed by atoms with Crippen LogP contribution < -0.4 is 4.74 Å². The normalized spacial score (nSPS) is 43.4. The Hall–Kier alpha value is -2.46. The van der Waals surface area contributed by atoms with E-state index in [-0.39, 0.29) is 18.4 Å². The van der Waals surface area contributed by atoms with Gasteiger partial charge in [0, 0.05) is 35.8 Å². The number of hydrogen-bond acceptors (Lipinski definition) is 7. The van der Waals surface area contributed by atoms with Crippen LogP contribution in [0.1, 0.15) is 65.4 Å². The van der Waals surface area contributed by atoms with Crippen molar-refractivity contribution >= 4 is 11.6 Å². The summed E-state index contributed by atoms with van der Waals surface area (Å²) in [6.07, 6.45) is 2.78. The van der Waals surface area contributed by atoms with Crippen LogP contribution in [0.15, 0.2) is 48.1 Å². The summed E-state index contributed by atoms with van der Waals surface area (Å²) >= 11 is 0. The van der Waals surface area contributed by atoms with Crippen LogP contribution in [0, 0.1) is 28.1 Å². The molecule has 9 heteroatoms. The number of carbonyl (C=O) groups is 2. The fourth-order valence-electron chi connectivity index (χ4n) is 9.72. The first kappa shape index (κ1) is 30.6. The quantitative estimate of drug-likeness (QED) is 0.413. The zero-order valence-corrected chi connectivity index (χ0v) is 25.4.